The number of aliphatic hydroxyl groups excluding tert-OH is 1. The fourth-order valence-electron chi connectivity index (χ4n) is 1.52. The van der Waals surface area contributed by atoms with E-state index in [2.05, 4.69) is 0 Å². The van der Waals surface area contributed by atoms with Gasteiger partial charge in [-0.3, -0.25) is 0 Å². The van der Waals surface area contributed by atoms with Crippen LogP contribution in [0.15, 0.2) is 0 Å². The molecule has 0 aromatic carbocycles. The predicted octanol–water partition coefficient (Wildman–Crippen LogP) is 0.182. The SMILES string of the molecule is NC[C@H](O)C(=O)OC1CCCCC1. The fourth-order valence-corrected chi connectivity index (χ4v) is 1.52. The Labute approximate surface area is 78.1 Å². The van der Waals surface area contributed by atoms with Crippen molar-refractivity contribution in [1.29, 1.82) is 0 Å². The highest BCUT2D eigenvalue weighted by molar-refractivity contribution is 5.74. The van der Waals surface area contributed by atoms with Crippen LogP contribution in [0.1, 0.15) is 32.1 Å². The molecule has 0 aromatic heterocycles. The Hall–Kier alpha value is -0.610. The van der Waals surface area contributed by atoms with Gasteiger partial charge in [0.15, 0.2) is 6.10 Å². The third-order valence-corrected chi connectivity index (χ3v) is 2.33. The van der Waals surface area contributed by atoms with E-state index in [1.54, 1.807) is 0 Å². The molecule has 1 rings (SSSR count). The number of nitrogens with two attached hydrogens (primary N) is 1. The lowest BCUT2D eigenvalue weighted by Crippen LogP contribution is -2.34. The fraction of sp³-hybridized carbons (Fsp3) is 0.889. The Kier molecular flexibility index (Phi) is 4.18. The second kappa shape index (κ2) is 5.19. The second-order valence-electron chi connectivity index (χ2n) is 3.45. The van der Waals surface area contributed by atoms with Crippen LogP contribution >= 0.6 is 0 Å². The number of hydrogen-bond donors (Lipinski definition) is 2. The van der Waals surface area contributed by atoms with E-state index in [4.69, 9.17) is 15.6 Å². The van der Waals surface area contributed by atoms with E-state index in [1.807, 2.05) is 0 Å². The van der Waals surface area contributed by atoms with Crippen LogP contribution < -0.4 is 5.73 Å². The highest BCUT2D eigenvalue weighted by Gasteiger charge is 2.21. The van der Waals surface area contributed by atoms with Crippen molar-refractivity contribution < 1.29 is 14.6 Å². The summed E-state index contributed by atoms with van der Waals surface area (Å²) in [6.45, 7) is -0.0639. The zero-order chi connectivity index (χ0) is 9.68. The molecule has 4 heteroatoms. The third kappa shape index (κ3) is 3.32. The molecular weight excluding hydrogens is 170 g/mol. The van der Waals surface area contributed by atoms with Crippen LogP contribution in [-0.2, 0) is 9.53 Å². The molecule has 0 heterocycles. The van der Waals surface area contributed by atoms with E-state index < -0.39 is 12.1 Å². The van der Waals surface area contributed by atoms with Gasteiger partial charge < -0.3 is 15.6 Å². The van der Waals surface area contributed by atoms with Gasteiger partial charge >= 0.3 is 5.97 Å². The molecule has 1 aliphatic carbocycles. The molecule has 1 saturated carbocycles. The monoisotopic (exact) mass is 187 g/mol. The van der Waals surface area contributed by atoms with Gasteiger partial charge in [0.2, 0.25) is 0 Å². The van der Waals surface area contributed by atoms with Gasteiger partial charge in [-0.15, -0.1) is 0 Å². The van der Waals surface area contributed by atoms with Crippen LogP contribution in [0.2, 0.25) is 0 Å². The van der Waals surface area contributed by atoms with Crippen LogP contribution in [0, 0.1) is 0 Å². The molecule has 4 nitrogen and oxygen atoms in total. The molecule has 0 bridgehead atoms. The summed E-state index contributed by atoms with van der Waals surface area (Å²) in [5.41, 5.74) is 5.13. The topological polar surface area (TPSA) is 72.5 Å². The Morgan fingerprint density at radius 3 is 2.62 bits per heavy atom. The summed E-state index contributed by atoms with van der Waals surface area (Å²) in [4.78, 5) is 11.1. The summed E-state index contributed by atoms with van der Waals surface area (Å²) in [6, 6.07) is 0. The van der Waals surface area contributed by atoms with Gasteiger partial charge in [-0.2, -0.15) is 0 Å². The van der Waals surface area contributed by atoms with Crippen molar-refractivity contribution in [3.63, 3.8) is 0 Å². The molecule has 1 atom stereocenters. The van der Waals surface area contributed by atoms with Crippen molar-refractivity contribution in [3.05, 3.63) is 0 Å². The zero-order valence-corrected chi connectivity index (χ0v) is 7.74. The second-order valence-corrected chi connectivity index (χ2v) is 3.45. The first kappa shape index (κ1) is 10.5. The van der Waals surface area contributed by atoms with Crippen LogP contribution in [0.25, 0.3) is 0 Å². The lowest BCUT2D eigenvalue weighted by molar-refractivity contribution is -0.159. The highest BCUT2D eigenvalue weighted by atomic mass is 16.6. The third-order valence-electron chi connectivity index (χ3n) is 2.33. The van der Waals surface area contributed by atoms with Gasteiger partial charge in [-0.1, -0.05) is 6.42 Å². The minimum atomic E-state index is -1.15. The quantitative estimate of drug-likeness (QED) is 0.618. The molecule has 0 spiro atoms. The number of aliphatic hydroxyl groups is 1. The predicted molar refractivity (Wildman–Crippen MR) is 48.0 cm³/mol. The van der Waals surface area contributed by atoms with Crippen molar-refractivity contribution in [2.24, 2.45) is 5.73 Å². The van der Waals surface area contributed by atoms with Crippen LogP contribution in [0.4, 0.5) is 0 Å². The maximum Gasteiger partial charge on any atom is 0.336 e. The first-order valence-electron chi connectivity index (χ1n) is 4.82. The molecule has 0 unspecified atom stereocenters. The Bertz CT molecular complexity index is 166. The van der Waals surface area contributed by atoms with Gasteiger partial charge in [0.05, 0.1) is 0 Å². The zero-order valence-electron chi connectivity index (χ0n) is 7.74. The van der Waals surface area contributed by atoms with Gasteiger partial charge in [-0.25, -0.2) is 4.79 Å². The molecule has 3 N–H and O–H groups in total. The van der Waals surface area contributed by atoms with E-state index in [-0.39, 0.29) is 12.6 Å². The van der Waals surface area contributed by atoms with Crippen LogP contribution in [-0.4, -0.2) is 29.8 Å². The van der Waals surface area contributed by atoms with Gasteiger partial charge in [0.25, 0.3) is 0 Å². The summed E-state index contributed by atoms with van der Waals surface area (Å²) >= 11 is 0. The minimum absolute atomic E-state index is 0.00227. The summed E-state index contributed by atoms with van der Waals surface area (Å²) < 4.78 is 5.08. The molecule has 0 amide bonds. The number of esters is 1. The molecular formula is C9H17NO3. The number of carbonyl (C=O) groups excluding carboxylic acids is 1. The molecule has 0 saturated heterocycles. The lowest BCUT2D eigenvalue weighted by atomic mass is 9.98. The Balaban J connectivity index is 2.26. The van der Waals surface area contributed by atoms with Crippen molar-refractivity contribution in [2.45, 2.75) is 44.3 Å². The van der Waals surface area contributed by atoms with Crippen molar-refractivity contribution in [1.82, 2.24) is 0 Å². The average molecular weight is 187 g/mol. The van der Waals surface area contributed by atoms with Gasteiger partial charge in [0.1, 0.15) is 6.10 Å². The Morgan fingerprint density at radius 1 is 1.46 bits per heavy atom. The Morgan fingerprint density at radius 2 is 2.08 bits per heavy atom. The van der Waals surface area contributed by atoms with Crippen molar-refractivity contribution in [2.75, 3.05) is 6.54 Å². The standard InChI is InChI=1S/C9H17NO3/c10-6-8(11)9(12)13-7-4-2-1-3-5-7/h7-8,11H,1-6,10H2/t8-/m0/s1. The molecule has 0 aromatic rings. The maximum atomic E-state index is 11.1. The average Bonchev–Trinajstić information content (AvgIpc) is 2.18. The van der Waals surface area contributed by atoms with Crippen molar-refractivity contribution >= 4 is 5.97 Å². The van der Waals surface area contributed by atoms with Crippen LogP contribution in [0.3, 0.4) is 0 Å². The summed E-state index contributed by atoms with van der Waals surface area (Å²) in [5.74, 6) is -0.575. The van der Waals surface area contributed by atoms with E-state index in [1.165, 1.54) is 6.42 Å². The molecule has 1 fully saturated rings. The first-order valence-corrected chi connectivity index (χ1v) is 4.82. The number of rotatable bonds is 3. The van der Waals surface area contributed by atoms with E-state index in [9.17, 15) is 4.79 Å². The smallest absolute Gasteiger partial charge is 0.336 e. The number of ether oxygens (including phenoxy) is 1. The lowest BCUT2D eigenvalue weighted by Gasteiger charge is -2.22. The van der Waals surface area contributed by atoms with Gasteiger partial charge in [0, 0.05) is 6.54 Å². The maximum absolute atomic E-state index is 11.1. The molecule has 0 radical (unpaired) electrons. The number of hydrogen-bond acceptors (Lipinski definition) is 4. The number of carbonyl (C=O) groups is 1. The molecule has 13 heavy (non-hydrogen) atoms. The summed E-state index contributed by atoms with van der Waals surface area (Å²) in [6.07, 6.45) is 4.12. The van der Waals surface area contributed by atoms with Gasteiger partial charge in [-0.05, 0) is 25.7 Å². The largest absolute Gasteiger partial charge is 0.460 e. The van der Waals surface area contributed by atoms with E-state index >= 15 is 0 Å². The highest BCUT2D eigenvalue weighted by Crippen LogP contribution is 2.20. The molecule has 1 aliphatic rings. The summed E-state index contributed by atoms with van der Waals surface area (Å²) in [5, 5.41) is 9.06. The summed E-state index contributed by atoms with van der Waals surface area (Å²) in [7, 11) is 0. The van der Waals surface area contributed by atoms with E-state index in [0.717, 1.165) is 25.7 Å². The molecule has 76 valence electrons. The van der Waals surface area contributed by atoms with E-state index in [0.29, 0.717) is 0 Å². The van der Waals surface area contributed by atoms with Crippen molar-refractivity contribution in [3.8, 4) is 0 Å². The minimum Gasteiger partial charge on any atom is -0.460 e. The first-order chi connectivity index (χ1) is 6.24. The molecule has 0 aliphatic heterocycles. The normalized spacial score (nSPS) is 21.1. The van der Waals surface area contributed by atoms with Crippen LogP contribution in [0.5, 0.6) is 0 Å².